The molecule has 0 saturated heterocycles. The molecule has 1 aliphatic rings. The van der Waals surface area contributed by atoms with E-state index in [1.807, 2.05) is 12.1 Å². The largest absolute Gasteiger partial charge is 0.357 e. The Hall–Kier alpha value is -0.850. The monoisotopic (exact) mass is 405 g/mol. The lowest BCUT2D eigenvalue weighted by molar-refractivity contribution is 0.534. The third-order valence-electron chi connectivity index (χ3n) is 3.52. The minimum atomic E-state index is -0.197. The maximum atomic E-state index is 13.0. The lowest BCUT2D eigenvalue weighted by Gasteiger charge is -2.24. The summed E-state index contributed by atoms with van der Waals surface area (Å²) in [7, 11) is 0. The molecule has 0 aromatic heterocycles. The third kappa shape index (κ3) is 5.80. The first kappa shape index (κ1) is 18.2. The van der Waals surface area contributed by atoms with Gasteiger partial charge in [0.25, 0.3) is 0 Å². The fourth-order valence-corrected chi connectivity index (χ4v) is 2.01. The minimum Gasteiger partial charge on any atom is -0.357 e. The lowest BCUT2D eigenvalue weighted by Crippen LogP contribution is -2.39. The zero-order valence-electron chi connectivity index (χ0n) is 12.9. The molecule has 0 radical (unpaired) electrons. The molecule has 2 rings (SSSR count). The summed E-state index contributed by atoms with van der Waals surface area (Å²) < 4.78 is 13.0. The van der Waals surface area contributed by atoms with Crippen LogP contribution in [-0.4, -0.2) is 25.1 Å². The molecule has 0 atom stereocenters. The summed E-state index contributed by atoms with van der Waals surface area (Å²) in [6.45, 7) is 7.85. The summed E-state index contributed by atoms with van der Waals surface area (Å²) in [6, 6.07) is 7.28. The summed E-state index contributed by atoms with van der Waals surface area (Å²) in [5.74, 6) is 0.682. The summed E-state index contributed by atoms with van der Waals surface area (Å²) in [6.07, 6.45) is 2.46. The van der Waals surface area contributed by atoms with E-state index in [1.54, 1.807) is 0 Å². The number of rotatable bonds is 5. The first-order valence-corrected chi connectivity index (χ1v) is 7.32. The summed E-state index contributed by atoms with van der Waals surface area (Å²) >= 11 is 0. The number of aliphatic imine (C=N–C) groups is 1. The number of hydrogen-bond donors (Lipinski definition) is 2. The molecule has 1 aromatic rings. The summed E-state index contributed by atoms with van der Waals surface area (Å²) in [5, 5.41) is 6.67. The van der Waals surface area contributed by atoms with Gasteiger partial charge in [0.05, 0.1) is 6.54 Å². The second-order valence-electron chi connectivity index (χ2n) is 6.00. The molecule has 3 nitrogen and oxygen atoms in total. The van der Waals surface area contributed by atoms with E-state index >= 15 is 0 Å². The van der Waals surface area contributed by atoms with Crippen molar-refractivity contribution in [2.75, 3.05) is 13.1 Å². The normalized spacial score (nSPS) is 15.3. The van der Waals surface area contributed by atoms with Crippen molar-refractivity contribution >= 4 is 29.9 Å². The first-order chi connectivity index (χ1) is 9.51. The highest BCUT2D eigenvalue weighted by atomic mass is 127. The molecule has 0 spiro atoms. The van der Waals surface area contributed by atoms with Crippen LogP contribution >= 0.6 is 24.0 Å². The van der Waals surface area contributed by atoms with Crippen molar-refractivity contribution in [3.8, 4) is 0 Å². The highest BCUT2D eigenvalue weighted by Crippen LogP contribution is 2.24. The van der Waals surface area contributed by atoms with Crippen LogP contribution in [0.25, 0.3) is 0 Å². The minimum absolute atomic E-state index is 0. The quantitative estimate of drug-likeness (QED) is 0.448. The van der Waals surface area contributed by atoms with Gasteiger partial charge in [0, 0.05) is 18.0 Å². The molecule has 5 heteroatoms. The second-order valence-corrected chi connectivity index (χ2v) is 6.00. The maximum absolute atomic E-state index is 13.0. The Kier molecular flexibility index (Phi) is 6.90. The Labute approximate surface area is 143 Å². The van der Waals surface area contributed by atoms with Crippen LogP contribution in [0.15, 0.2) is 29.3 Å². The van der Waals surface area contributed by atoms with Crippen LogP contribution in [0.4, 0.5) is 4.39 Å². The van der Waals surface area contributed by atoms with Gasteiger partial charge in [0.1, 0.15) is 5.82 Å². The van der Waals surface area contributed by atoms with Crippen molar-refractivity contribution in [2.45, 2.75) is 45.1 Å². The van der Waals surface area contributed by atoms with Gasteiger partial charge in [-0.1, -0.05) is 26.0 Å². The van der Waals surface area contributed by atoms with Gasteiger partial charge >= 0.3 is 0 Å². The van der Waals surface area contributed by atoms with E-state index in [1.165, 1.54) is 25.0 Å². The van der Waals surface area contributed by atoms with Crippen molar-refractivity contribution in [3.05, 3.63) is 35.6 Å². The molecule has 1 aromatic carbocycles. The van der Waals surface area contributed by atoms with Gasteiger partial charge < -0.3 is 10.6 Å². The highest BCUT2D eigenvalue weighted by Gasteiger charge is 2.24. The van der Waals surface area contributed by atoms with E-state index in [-0.39, 0.29) is 35.2 Å². The summed E-state index contributed by atoms with van der Waals surface area (Å²) in [5.41, 5.74) is 0.990. The SMILES string of the molecule is CCNC(=NCC(C)(C)c1ccc(F)cc1)NC1CC1.I. The van der Waals surface area contributed by atoms with Crippen LogP contribution in [0.1, 0.15) is 39.2 Å². The van der Waals surface area contributed by atoms with E-state index in [0.717, 1.165) is 18.1 Å². The first-order valence-electron chi connectivity index (χ1n) is 7.32. The molecule has 0 aliphatic heterocycles. The van der Waals surface area contributed by atoms with E-state index < -0.39 is 0 Å². The van der Waals surface area contributed by atoms with Gasteiger partial charge in [-0.3, -0.25) is 4.99 Å². The van der Waals surface area contributed by atoms with E-state index in [2.05, 4.69) is 36.4 Å². The number of nitrogens with zero attached hydrogens (tertiary/aromatic N) is 1. The molecule has 1 aliphatic carbocycles. The molecule has 0 heterocycles. The third-order valence-corrected chi connectivity index (χ3v) is 3.52. The van der Waals surface area contributed by atoms with E-state index in [4.69, 9.17) is 0 Å². The molecular formula is C16H25FIN3. The number of halogens is 2. The van der Waals surface area contributed by atoms with Crippen molar-refractivity contribution in [1.29, 1.82) is 0 Å². The van der Waals surface area contributed by atoms with Gasteiger partial charge in [-0.05, 0) is 37.5 Å². The zero-order valence-corrected chi connectivity index (χ0v) is 15.3. The zero-order chi connectivity index (χ0) is 14.6. The Morgan fingerprint density at radius 3 is 2.43 bits per heavy atom. The smallest absolute Gasteiger partial charge is 0.191 e. The van der Waals surface area contributed by atoms with Crippen LogP contribution < -0.4 is 10.6 Å². The Bertz CT molecular complexity index is 467. The average Bonchev–Trinajstić information content (AvgIpc) is 3.21. The van der Waals surface area contributed by atoms with Crippen LogP contribution in [0.5, 0.6) is 0 Å². The number of hydrogen-bond acceptors (Lipinski definition) is 1. The van der Waals surface area contributed by atoms with E-state index in [0.29, 0.717) is 12.6 Å². The molecule has 118 valence electrons. The van der Waals surface area contributed by atoms with Crippen molar-refractivity contribution in [3.63, 3.8) is 0 Å². The summed E-state index contributed by atoms with van der Waals surface area (Å²) in [4.78, 5) is 4.66. The fourth-order valence-electron chi connectivity index (χ4n) is 2.01. The van der Waals surface area contributed by atoms with Crippen molar-refractivity contribution in [2.24, 2.45) is 4.99 Å². The topological polar surface area (TPSA) is 36.4 Å². The second kappa shape index (κ2) is 7.96. The van der Waals surface area contributed by atoms with Crippen molar-refractivity contribution in [1.82, 2.24) is 10.6 Å². The predicted molar refractivity (Wildman–Crippen MR) is 97.0 cm³/mol. The highest BCUT2D eigenvalue weighted by molar-refractivity contribution is 14.0. The van der Waals surface area contributed by atoms with Gasteiger partial charge in [0.2, 0.25) is 0 Å². The number of nitrogens with one attached hydrogen (secondary N) is 2. The molecule has 0 unspecified atom stereocenters. The number of guanidine groups is 1. The Morgan fingerprint density at radius 1 is 1.29 bits per heavy atom. The molecule has 1 fully saturated rings. The van der Waals surface area contributed by atoms with Crippen LogP contribution in [0.2, 0.25) is 0 Å². The fraction of sp³-hybridized carbons (Fsp3) is 0.562. The molecule has 1 saturated carbocycles. The lowest BCUT2D eigenvalue weighted by atomic mass is 9.85. The van der Waals surface area contributed by atoms with Crippen LogP contribution in [-0.2, 0) is 5.41 Å². The molecular weight excluding hydrogens is 380 g/mol. The van der Waals surface area contributed by atoms with Gasteiger partial charge in [-0.15, -0.1) is 24.0 Å². The van der Waals surface area contributed by atoms with Gasteiger partial charge in [-0.2, -0.15) is 0 Å². The molecule has 21 heavy (non-hydrogen) atoms. The molecule has 0 bridgehead atoms. The van der Waals surface area contributed by atoms with Gasteiger partial charge in [0.15, 0.2) is 5.96 Å². The van der Waals surface area contributed by atoms with Crippen LogP contribution in [0.3, 0.4) is 0 Å². The molecule has 0 amide bonds. The van der Waals surface area contributed by atoms with Crippen LogP contribution in [0, 0.1) is 5.82 Å². The van der Waals surface area contributed by atoms with Crippen molar-refractivity contribution < 1.29 is 4.39 Å². The standard InChI is InChI=1S/C16H24FN3.HI/c1-4-18-15(20-14-9-10-14)19-11-16(2,3)12-5-7-13(17)8-6-12;/h5-8,14H,4,9-11H2,1-3H3,(H2,18,19,20);1H. The molecule has 2 N–H and O–H groups in total. The van der Waals surface area contributed by atoms with Gasteiger partial charge in [-0.25, -0.2) is 4.39 Å². The Balaban J connectivity index is 0.00000220. The number of benzene rings is 1. The Morgan fingerprint density at radius 2 is 1.90 bits per heavy atom. The average molecular weight is 405 g/mol. The van der Waals surface area contributed by atoms with E-state index in [9.17, 15) is 4.39 Å². The predicted octanol–water partition coefficient (Wildman–Crippen LogP) is 3.44. The maximum Gasteiger partial charge on any atom is 0.191 e.